The summed E-state index contributed by atoms with van der Waals surface area (Å²) in [6, 6.07) is 21.2. The number of carbonyl (C=O) groups excluding carboxylic acids is 1. The van der Waals surface area contributed by atoms with Crippen LogP contribution >= 0.6 is 23.2 Å². The van der Waals surface area contributed by atoms with Gasteiger partial charge in [-0.1, -0.05) is 41.4 Å². The molecule has 132 valence electrons. The maximum atomic E-state index is 13.0. The molecule has 6 heteroatoms. The number of hydrogen-bond acceptors (Lipinski definition) is 2. The van der Waals surface area contributed by atoms with Gasteiger partial charge < -0.3 is 10.1 Å². The van der Waals surface area contributed by atoms with E-state index in [1.165, 1.54) is 0 Å². The first-order chi connectivity index (χ1) is 12.6. The summed E-state index contributed by atoms with van der Waals surface area (Å²) in [5, 5.41) is 3.65. The topological polar surface area (TPSA) is 41.6 Å². The number of nitrogens with zero attached hydrogens (tertiary/aromatic N) is 1. The molecule has 0 heterocycles. The Morgan fingerprint density at radius 1 is 0.885 bits per heavy atom. The van der Waals surface area contributed by atoms with Gasteiger partial charge in [0.25, 0.3) is 0 Å². The first-order valence-electron chi connectivity index (χ1n) is 7.84. The zero-order valence-electron chi connectivity index (χ0n) is 13.9. The van der Waals surface area contributed by atoms with Crippen molar-refractivity contribution in [1.82, 2.24) is 0 Å². The quantitative estimate of drug-likeness (QED) is 0.565. The average molecular weight is 387 g/mol. The number of rotatable bonds is 4. The molecule has 0 aliphatic rings. The summed E-state index contributed by atoms with van der Waals surface area (Å²) < 4.78 is 5.19. The standard InChI is InChI=1S/C20H16Cl2N2O2/c1-26-17-10-8-16(9-11-17)24(15-5-3-2-4-6-15)20(25)23-14-7-12-18(21)19(22)13-14/h2-13H,1H3,(H,23,25). The van der Waals surface area contributed by atoms with Crippen LogP contribution in [0, 0.1) is 0 Å². The fourth-order valence-electron chi connectivity index (χ4n) is 2.45. The van der Waals surface area contributed by atoms with E-state index in [-0.39, 0.29) is 6.03 Å². The molecule has 26 heavy (non-hydrogen) atoms. The van der Waals surface area contributed by atoms with Crippen LogP contribution in [0.15, 0.2) is 72.8 Å². The van der Waals surface area contributed by atoms with Crippen molar-refractivity contribution in [3.05, 3.63) is 82.8 Å². The lowest BCUT2D eigenvalue weighted by Gasteiger charge is -2.23. The van der Waals surface area contributed by atoms with Crippen molar-refractivity contribution in [3.63, 3.8) is 0 Å². The highest BCUT2D eigenvalue weighted by Crippen LogP contribution is 2.29. The first kappa shape index (κ1) is 18.1. The zero-order valence-corrected chi connectivity index (χ0v) is 15.5. The maximum Gasteiger partial charge on any atom is 0.330 e. The van der Waals surface area contributed by atoms with Gasteiger partial charge in [0, 0.05) is 5.69 Å². The molecule has 0 atom stereocenters. The van der Waals surface area contributed by atoms with Crippen molar-refractivity contribution in [2.45, 2.75) is 0 Å². The van der Waals surface area contributed by atoms with Crippen LogP contribution in [-0.4, -0.2) is 13.1 Å². The molecule has 3 aromatic carbocycles. The van der Waals surface area contributed by atoms with Crippen molar-refractivity contribution in [2.75, 3.05) is 17.3 Å². The van der Waals surface area contributed by atoms with Gasteiger partial charge in [0.1, 0.15) is 5.75 Å². The van der Waals surface area contributed by atoms with Crippen molar-refractivity contribution in [3.8, 4) is 5.75 Å². The summed E-state index contributed by atoms with van der Waals surface area (Å²) in [6.45, 7) is 0. The van der Waals surface area contributed by atoms with Crippen LogP contribution in [-0.2, 0) is 0 Å². The Bertz CT molecular complexity index is 899. The lowest BCUT2D eigenvalue weighted by molar-refractivity contribution is 0.259. The molecular formula is C20H16Cl2N2O2. The number of benzene rings is 3. The highest BCUT2D eigenvalue weighted by Gasteiger charge is 2.18. The van der Waals surface area contributed by atoms with Gasteiger partial charge in [-0.15, -0.1) is 0 Å². The number of para-hydroxylation sites is 1. The molecule has 0 saturated heterocycles. The minimum absolute atomic E-state index is 0.320. The third kappa shape index (κ3) is 4.10. The average Bonchev–Trinajstić information content (AvgIpc) is 2.66. The highest BCUT2D eigenvalue weighted by molar-refractivity contribution is 6.42. The Morgan fingerprint density at radius 3 is 2.15 bits per heavy atom. The predicted molar refractivity (Wildman–Crippen MR) is 107 cm³/mol. The van der Waals surface area contributed by atoms with Crippen LogP contribution in [0.1, 0.15) is 0 Å². The number of carbonyl (C=O) groups is 1. The molecule has 0 fully saturated rings. The van der Waals surface area contributed by atoms with Crippen LogP contribution in [0.2, 0.25) is 10.0 Å². The van der Waals surface area contributed by atoms with E-state index in [1.807, 2.05) is 42.5 Å². The molecule has 0 aromatic heterocycles. The van der Waals surface area contributed by atoms with Crippen LogP contribution in [0.25, 0.3) is 0 Å². The third-order valence-electron chi connectivity index (χ3n) is 3.72. The summed E-state index contributed by atoms with van der Waals surface area (Å²) in [6.07, 6.45) is 0. The number of halogens is 2. The van der Waals surface area contributed by atoms with E-state index in [2.05, 4.69) is 5.32 Å². The Balaban J connectivity index is 1.94. The molecular weight excluding hydrogens is 371 g/mol. The third-order valence-corrected chi connectivity index (χ3v) is 4.46. The van der Waals surface area contributed by atoms with E-state index in [0.29, 0.717) is 27.2 Å². The van der Waals surface area contributed by atoms with Gasteiger partial charge in [-0.25, -0.2) is 4.79 Å². The fraction of sp³-hybridized carbons (Fsp3) is 0.0500. The van der Waals surface area contributed by atoms with Gasteiger partial charge in [-0.3, -0.25) is 4.90 Å². The molecule has 3 rings (SSSR count). The predicted octanol–water partition coefficient (Wildman–Crippen LogP) is 6.37. The summed E-state index contributed by atoms with van der Waals surface area (Å²) in [5.74, 6) is 0.714. The smallest absolute Gasteiger partial charge is 0.330 e. The number of hydrogen-bond donors (Lipinski definition) is 1. The Morgan fingerprint density at radius 2 is 1.54 bits per heavy atom. The van der Waals surface area contributed by atoms with Crippen LogP contribution in [0.3, 0.4) is 0 Å². The Kier molecular flexibility index (Phi) is 5.66. The van der Waals surface area contributed by atoms with Crippen molar-refractivity contribution < 1.29 is 9.53 Å². The molecule has 1 N–H and O–H groups in total. The molecule has 0 aliphatic heterocycles. The normalized spacial score (nSPS) is 10.3. The molecule has 0 radical (unpaired) electrons. The van der Waals surface area contributed by atoms with E-state index in [1.54, 1.807) is 42.3 Å². The summed E-state index contributed by atoms with van der Waals surface area (Å²) in [5.41, 5.74) is 1.99. The largest absolute Gasteiger partial charge is 0.497 e. The molecule has 0 bridgehead atoms. The van der Waals surface area contributed by atoms with Crippen LogP contribution in [0.5, 0.6) is 5.75 Å². The SMILES string of the molecule is COc1ccc(N(C(=O)Nc2ccc(Cl)c(Cl)c2)c2ccccc2)cc1. The van der Waals surface area contributed by atoms with Crippen molar-refractivity contribution >= 4 is 46.3 Å². The van der Waals surface area contributed by atoms with Crippen molar-refractivity contribution in [1.29, 1.82) is 0 Å². The van der Waals surface area contributed by atoms with E-state index in [4.69, 9.17) is 27.9 Å². The molecule has 4 nitrogen and oxygen atoms in total. The number of urea groups is 1. The fourth-order valence-corrected chi connectivity index (χ4v) is 2.74. The summed E-state index contributed by atoms with van der Waals surface area (Å²) in [4.78, 5) is 14.5. The molecule has 0 aliphatic carbocycles. The number of methoxy groups -OCH3 is 1. The molecule has 0 unspecified atom stereocenters. The molecule has 2 amide bonds. The first-order valence-corrected chi connectivity index (χ1v) is 8.59. The second-order valence-corrected chi connectivity index (χ2v) is 6.24. The number of ether oxygens (including phenoxy) is 1. The zero-order chi connectivity index (χ0) is 18.5. The summed E-state index contributed by atoms with van der Waals surface area (Å²) in [7, 11) is 1.60. The molecule has 3 aromatic rings. The van der Waals surface area contributed by atoms with Crippen LogP contribution in [0.4, 0.5) is 21.9 Å². The number of amides is 2. The van der Waals surface area contributed by atoms with E-state index >= 15 is 0 Å². The van der Waals surface area contributed by atoms with E-state index < -0.39 is 0 Å². The van der Waals surface area contributed by atoms with Gasteiger partial charge in [0.05, 0.1) is 28.5 Å². The molecule has 0 spiro atoms. The van der Waals surface area contributed by atoms with E-state index in [0.717, 1.165) is 5.69 Å². The van der Waals surface area contributed by atoms with Gasteiger partial charge in [0.15, 0.2) is 0 Å². The highest BCUT2D eigenvalue weighted by atomic mass is 35.5. The van der Waals surface area contributed by atoms with Gasteiger partial charge >= 0.3 is 6.03 Å². The Labute approximate surface area is 161 Å². The number of anilines is 3. The van der Waals surface area contributed by atoms with Gasteiger partial charge in [-0.2, -0.15) is 0 Å². The van der Waals surface area contributed by atoms with Crippen molar-refractivity contribution in [2.24, 2.45) is 0 Å². The van der Waals surface area contributed by atoms with Gasteiger partial charge in [-0.05, 0) is 54.6 Å². The van der Waals surface area contributed by atoms with E-state index in [9.17, 15) is 4.79 Å². The lowest BCUT2D eigenvalue weighted by atomic mass is 10.2. The molecule has 0 saturated carbocycles. The minimum atomic E-state index is -0.320. The van der Waals surface area contributed by atoms with Crippen LogP contribution < -0.4 is 15.0 Å². The monoisotopic (exact) mass is 386 g/mol. The van der Waals surface area contributed by atoms with Gasteiger partial charge in [0.2, 0.25) is 0 Å². The minimum Gasteiger partial charge on any atom is -0.497 e. The second kappa shape index (κ2) is 8.13. The number of nitrogens with one attached hydrogen (secondary N) is 1. The maximum absolute atomic E-state index is 13.0. The lowest BCUT2D eigenvalue weighted by Crippen LogP contribution is -2.30. The Hall–Kier alpha value is -2.69. The summed E-state index contributed by atoms with van der Waals surface area (Å²) >= 11 is 12.0. The second-order valence-electron chi connectivity index (χ2n) is 5.43.